The normalized spacial score (nSPS) is 19.8. The lowest BCUT2D eigenvalue weighted by molar-refractivity contribution is 0.103. The summed E-state index contributed by atoms with van der Waals surface area (Å²) in [7, 11) is 0. The first-order valence-corrected chi connectivity index (χ1v) is 7.61. The molecule has 19 heavy (non-hydrogen) atoms. The van der Waals surface area contributed by atoms with Gasteiger partial charge in [0.25, 0.3) is 0 Å². The van der Waals surface area contributed by atoms with Crippen LogP contribution in [0.15, 0.2) is 11.6 Å². The van der Waals surface area contributed by atoms with Crippen molar-refractivity contribution in [1.82, 2.24) is 10.3 Å². The molecule has 0 aliphatic heterocycles. The number of carbonyl (C=O) groups is 1. The van der Waals surface area contributed by atoms with Crippen molar-refractivity contribution in [2.45, 2.75) is 50.7 Å². The van der Waals surface area contributed by atoms with Crippen molar-refractivity contribution in [2.24, 2.45) is 5.92 Å². The summed E-state index contributed by atoms with van der Waals surface area (Å²) in [6.07, 6.45) is 6.31. The number of carboxylic acid groups (broad SMARTS) is 1. The van der Waals surface area contributed by atoms with E-state index in [2.05, 4.69) is 10.3 Å². The number of hydrogen-bond donors (Lipinski definition) is 3. The van der Waals surface area contributed by atoms with Crippen LogP contribution >= 0.6 is 11.3 Å². The van der Waals surface area contributed by atoms with Gasteiger partial charge < -0.3 is 15.5 Å². The fraction of sp³-hybridized carbons (Fsp3) is 0.692. The Hall–Kier alpha value is -1.14. The molecule has 1 fully saturated rings. The van der Waals surface area contributed by atoms with Crippen LogP contribution in [0.25, 0.3) is 0 Å². The molecule has 0 spiro atoms. The van der Waals surface area contributed by atoms with Gasteiger partial charge in [0.1, 0.15) is 11.1 Å². The number of nitrogens with zero attached hydrogens (tertiary/aromatic N) is 1. The van der Waals surface area contributed by atoms with E-state index < -0.39 is 18.2 Å². The van der Waals surface area contributed by atoms with E-state index in [1.165, 1.54) is 30.6 Å². The summed E-state index contributed by atoms with van der Waals surface area (Å²) in [5.41, 5.74) is 0. The van der Waals surface area contributed by atoms with Crippen LogP contribution in [-0.4, -0.2) is 27.3 Å². The Kier molecular flexibility index (Phi) is 5.15. The number of amides is 1. The Labute approximate surface area is 116 Å². The van der Waals surface area contributed by atoms with Crippen molar-refractivity contribution >= 4 is 17.4 Å². The van der Waals surface area contributed by atoms with Gasteiger partial charge in [0, 0.05) is 11.6 Å². The van der Waals surface area contributed by atoms with Crippen molar-refractivity contribution in [2.75, 3.05) is 0 Å². The highest BCUT2D eigenvalue weighted by molar-refractivity contribution is 7.09. The minimum Gasteiger partial charge on any atom is -0.465 e. The molecular weight excluding hydrogens is 264 g/mol. The van der Waals surface area contributed by atoms with E-state index in [-0.39, 0.29) is 0 Å². The van der Waals surface area contributed by atoms with E-state index in [1.54, 1.807) is 11.6 Å². The first kappa shape index (κ1) is 14.3. The highest BCUT2D eigenvalue weighted by Gasteiger charge is 2.28. The Morgan fingerprint density at radius 2 is 2.21 bits per heavy atom. The Bertz CT molecular complexity index is 391. The lowest BCUT2D eigenvalue weighted by Gasteiger charge is -2.28. The van der Waals surface area contributed by atoms with Gasteiger partial charge in [-0.1, -0.05) is 32.1 Å². The van der Waals surface area contributed by atoms with Gasteiger partial charge in [-0.3, -0.25) is 0 Å². The molecule has 0 bridgehead atoms. The predicted molar refractivity (Wildman–Crippen MR) is 73.2 cm³/mol. The average molecular weight is 284 g/mol. The third-order valence-electron chi connectivity index (χ3n) is 3.71. The first-order chi connectivity index (χ1) is 9.16. The van der Waals surface area contributed by atoms with Gasteiger partial charge >= 0.3 is 6.09 Å². The fourth-order valence-corrected chi connectivity index (χ4v) is 3.45. The van der Waals surface area contributed by atoms with E-state index >= 15 is 0 Å². The molecule has 1 amide bonds. The van der Waals surface area contributed by atoms with Crippen LogP contribution < -0.4 is 5.32 Å². The molecule has 1 heterocycles. The summed E-state index contributed by atoms with van der Waals surface area (Å²) in [5.74, 6) is 0.500. The largest absolute Gasteiger partial charge is 0.465 e. The van der Waals surface area contributed by atoms with E-state index in [0.29, 0.717) is 17.3 Å². The molecule has 2 rings (SSSR count). The molecule has 1 aliphatic rings. The van der Waals surface area contributed by atoms with Gasteiger partial charge in [-0.25, -0.2) is 9.78 Å². The quantitative estimate of drug-likeness (QED) is 0.776. The minimum atomic E-state index is -1.09. The van der Waals surface area contributed by atoms with Crippen molar-refractivity contribution in [1.29, 1.82) is 0 Å². The average Bonchev–Trinajstić information content (AvgIpc) is 2.91. The molecule has 2 atom stereocenters. The van der Waals surface area contributed by atoms with Crippen molar-refractivity contribution in [3.05, 3.63) is 16.6 Å². The fourth-order valence-electron chi connectivity index (χ4n) is 2.76. The maximum atomic E-state index is 10.9. The lowest BCUT2D eigenvalue weighted by atomic mass is 9.84. The Balaban J connectivity index is 2.00. The molecule has 6 heteroatoms. The highest BCUT2D eigenvalue weighted by atomic mass is 32.1. The summed E-state index contributed by atoms with van der Waals surface area (Å²) in [6.45, 7) is 0. The van der Waals surface area contributed by atoms with Crippen LogP contribution in [0.4, 0.5) is 4.79 Å². The minimum absolute atomic E-state index is 0.466. The molecule has 1 aromatic heterocycles. The predicted octanol–water partition coefficient (Wildman–Crippen LogP) is 2.78. The highest BCUT2D eigenvalue weighted by Crippen LogP contribution is 2.31. The molecule has 3 N–H and O–H groups in total. The number of aliphatic hydroxyl groups is 1. The van der Waals surface area contributed by atoms with Crippen molar-refractivity contribution < 1.29 is 15.0 Å². The van der Waals surface area contributed by atoms with E-state index in [0.717, 1.165) is 12.8 Å². The standard InChI is InChI=1S/C13H20N2O3S/c16-11(12-14-6-7-19-12)10(15-13(17)18)8-9-4-2-1-3-5-9/h6-7,9-11,15-16H,1-5,8H2,(H,17,18)/t10-,11+/m0/s1. The zero-order chi connectivity index (χ0) is 13.7. The molecular formula is C13H20N2O3S. The van der Waals surface area contributed by atoms with Crippen molar-refractivity contribution in [3.8, 4) is 0 Å². The van der Waals surface area contributed by atoms with Crippen LogP contribution in [0.2, 0.25) is 0 Å². The number of aliphatic hydroxyl groups excluding tert-OH is 1. The maximum absolute atomic E-state index is 10.9. The summed E-state index contributed by atoms with van der Waals surface area (Å²) >= 11 is 1.35. The second-order valence-corrected chi connectivity index (χ2v) is 6.04. The van der Waals surface area contributed by atoms with Gasteiger partial charge in [-0.05, 0) is 12.3 Å². The summed E-state index contributed by atoms with van der Waals surface area (Å²) in [6, 6.07) is -0.466. The molecule has 5 nitrogen and oxygen atoms in total. The first-order valence-electron chi connectivity index (χ1n) is 6.73. The van der Waals surface area contributed by atoms with Crippen LogP contribution in [0.3, 0.4) is 0 Å². The number of aromatic nitrogens is 1. The second kappa shape index (κ2) is 6.86. The van der Waals surface area contributed by atoms with Crippen LogP contribution in [0.5, 0.6) is 0 Å². The molecule has 0 radical (unpaired) electrons. The molecule has 1 aliphatic carbocycles. The van der Waals surface area contributed by atoms with Gasteiger partial charge in [-0.15, -0.1) is 11.3 Å². The second-order valence-electron chi connectivity index (χ2n) is 5.11. The Morgan fingerprint density at radius 1 is 1.47 bits per heavy atom. The number of thiazole rings is 1. The zero-order valence-corrected chi connectivity index (χ0v) is 11.6. The van der Waals surface area contributed by atoms with Gasteiger partial charge in [-0.2, -0.15) is 0 Å². The maximum Gasteiger partial charge on any atom is 0.404 e. The number of hydrogen-bond acceptors (Lipinski definition) is 4. The monoisotopic (exact) mass is 284 g/mol. The van der Waals surface area contributed by atoms with Crippen molar-refractivity contribution in [3.63, 3.8) is 0 Å². The smallest absolute Gasteiger partial charge is 0.404 e. The molecule has 0 saturated heterocycles. The van der Waals surface area contributed by atoms with Crippen LogP contribution in [-0.2, 0) is 0 Å². The van der Waals surface area contributed by atoms with E-state index in [4.69, 9.17) is 5.11 Å². The van der Waals surface area contributed by atoms with E-state index in [1.807, 2.05) is 0 Å². The van der Waals surface area contributed by atoms with E-state index in [9.17, 15) is 9.90 Å². The topological polar surface area (TPSA) is 82.5 Å². The summed E-state index contributed by atoms with van der Waals surface area (Å²) < 4.78 is 0. The lowest BCUT2D eigenvalue weighted by Crippen LogP contribution is -2.40. The SMILES string of the molecule is O=C(O)N[C@@H](CC1CCCCC1)[C@@H](O)c1nccs1. The zero-order valence-electron chi connectivity index (χ0n) is 10.8. The molecule has 0 unspecified atom stereocenters. The van der Waals surface area contributed by atoms with Gasteiger partial charge in [0.2, 0.25) is 0 Å². The molecule has 0 aromatic carbocycles. The third-order valence-corrected chi connectivity index (χ3v) is 4.55. The van der Waals surface area contributed by atoms with Crippen LogP contribution in [0, 0.1) is 5.92 Å². The number of nitrogens with one attached hydrogen (secondary N) is 1. The van der Waals surface area contributed by atoms with Gasteiger partial charge in [0.15, 0.2) is 0 Å². The molecule has 106 valence electrons. The molecule has 1 aromatic rings. The Morgan fingerprint density at radius 3 is 2.79 bits per heavy atom. The number of rotatable bonds is 5. The van der Waals surface area contributed by atoms with Crippen LogP contribution in [0.1, 0.15) is 49.6 Å². The molecule has 1 saturated carbocycles. The summed E-state index contributed by atoms with van der Waals surface area (Å²) in [4.78, 5) is 15.0. The third kappa shape index (κ3) is 4.18. The summed E-state index contributed by atoms with van der Waals surface area (Å²) in [5, 5.41) is 24.0. The van der Waals surface area contributed by atoms with Gasteiger partial charge in [0.05, 0.1) is 6.04 Å².